The first-order valence-corrected chi connectivity index (χ1v) is 12.4. The Morgan fingerprint density at radius 3 is 2.03 bits per heavy atom. The molecule has 162 valence electrons. The smallest absolute Gasteiger partial charge is 0.243 e. The average Bonchev–Trinajstić information content (AvgIpc) is 2.73. The summed E-state index contributed by atoms with van der Waals surface area (Å²) in [5.74, 6) is 0.139. The van der Waals surface area contributed by atoms with Crippen LogP contribution in [0.1, 0.15) is 71.3 Å². The summed E-state index contributed by atoms with van der Waals surface area (Å²) >= 11 is 0. The van der Waals surface area contributed by atoms with E-state index in [-0.39, 0.29) is 17.2 Å². The molecule has 0 spiro atoms. The molecule has 1 aliphatic carbocycles. The molecule has 29 heavy (non-hydrogen) atoms. The average molecular weight is 421 g/mol. The number of piperidine rings is 1. The third kappa shape index (κ3) is 5.02. The topological polar surface area (TPSA) is 57.7 Å². The molecule has 1 amide bonds. The second kappa shape index (κ2) is 8.76. The standard InChI is InChI=1S/C23H36N2O3S/c1-23(2,3)19-10-12-21(13-11-19)29(27,28)25-16-14-18(15-17-25)22(26)24(4)20-8-6-5-7-9-20/h10-13,18,20H,5-9,14-17H2,1-4H3. The van der Waals surface area contributed by atoms with Crippen molar-refractivity contribution in [1.29, 1.82) is 0 Å². The van der Waals surface area contributed by atoms with Crippen molar-refractivity contribution in [2.75, 3.05) is 20.1 Å². The Hall–Kier alpha value is -1.40. The third-order valence-electron chi connectivity index (χ3n) is 6.63. The Morgan fingerprint density at radius 2 is 1.52 bits per heavy atom. The van der Waals surface area contributed by atoms with E-state index in [0.717, 1.165) is 18.4 Å². The maximum absolute atomic E-state index is 13.0. The molecule has 0 bridgehead atoms. The Bertz CT molecular complexity index is 798. The number of amides is 1. The van der Waals surface area contributed by atoms with Gasteiger partial charge < -0.3 is 4.90 Å². The molecule has 3 rings (SSSR count). The van der Waals surface area contributed by atoms with Crippen LogP contribution in [0.25, 0.3) is 0 Å². The zero-order valence-electron chi connectivity index (χ0n) is 18.4. The van der Waals surface area contributed by atoms with E-state index in [9.17, 15) is 13.2 Å². The van der Waals surface area contributed by atoms with Crippen LogP contribution >= 0.6 is 0 Å². The molecule has 5 nitrogen and oxygen atoms in total. The summed E-state index contributed by atoms with van der Waals surface area (Å²) in [6.07, 6.45) is 7.08. The maximum atomic E-state index is 13.0. The summed E-state index contributed by atoms with van der Waals surface area (Å²) in [5, 5.41) is 0. The first-order valence-electron chi connectivity index (χ1n) is 11.0. The minimum Gasteiger partial charge on any atom is -0.343 e. The quantitative estimate of drug-likeness (QED) is 0.734. The van der Waals surface area contributed by atoms with Gasteiger partial charge in [0.2, 0.25) is 15.9 Å². The number of hydrogen-bond acceptors (Lipinski definition) is 3. The normalized spacial score (nSPS) is 20.6. The van der Waals surface area contributed by atoms with E-state index >= 15 is 0 Å². The van der Waals surface area contributed by atoms with E-state index in [1.54, 1.807) is 16.4 Å². The van der Waals surface area contributed by atoms with Crippen LogP contribution in [0.4, 0.5) is 0 Å². The molecule has 0 radical (unpaired) electrons. The van der Waals surface area contributed by atoms with Crippen LogP contribution < -0.4 is 0 Å². The Labute approximate surface area is 176 Å². The fourth-order valence-electron chi connectivity index (χ4n) is 4.56. The van der Waals surface area contributed by atoms with Crippen molar-refractivity contribution in [1.82, 2.24) is 9.21 Å². The molecule has 0 unspecified atom stereocenters. The second-order valence-corrected chi connectivity index (χ2v) is 11.6. The summed E-state index contributed by atoms with van der Waals surface area (Å²) < 4.78 is 27.6. The van der Waals surface area contributed by atoms with Gasteiger partial charge in [-0.05, 0) is 48.8 Å². The van der Waals surface area contributed by atoms with Gasteiger partial charge >= 0.3 is 0 Å². The molecule has 1 saturated carbocycles. The van der Waals surface area contributed by atoms with E-state index in [4.69, 9.17) is 0 Å². The molecule has 0 N–H and O–H groups in total. The van der Waals surface area contributed by atoms with Crippen molar-refractivity contribution >= 4 is 15.9 Å². The monoisotopic (exact) mass is 420 g/mol. The van der Waals surface area contributed by atoms with E-state index in [0.29, 0.717) is 36.9 Å². The fraction of sp³-hybridized carbons (Fsp3) is 0.696. The molecular weight excluding hydrogens is 384 g/mol. The minimum absolute atomic E-state index is 0.00857. The van der Waals surface area contributed by atoms with Crippen LogP contribution in [0.2, 0.25) is 0 Å². The van der Waals surface area contributed by atoms with Gasteiger partial charge in [0.05, 0.1) is 4.90 Å². The molecule has 1 heterocycles. The van der Waals surface area contributed by atoms with E-state index in [1.807, 2.05) is 24.1 Å². The Kier molecular flexibility index (Phi) is 6.74. The SMILES string of the molecule is CN(C(=O)C1CCN(S(=O)(=O)c2ccc(C(C)(C)C)cc2)CC1)C1CCCCC1. The number of nitrogens with zero attached hydrogens (tertiary/aromatic N) is 2. The molecule has 6 heteroatoms. The van der Waals surface area contributed by atoms with E-state index in [1.165, 1.54) is 19.3 Å². The van der Waals surface area contributed by atoms with Gasteiger partial charge in [-0.2, -0.15) is 4.31 Å². The van der Waals surface area contributed by atoms with Crippen molar-refractivity contribution in [3.8, 4) is 0 Å². The van der Waals surface area contributed by atoms with Gasteiger partial charge in [-0.3, -0.25) is 4.79 Å². The summed E-state index contributed by atoms with van der Waals surface area (Å²) in [5.41, 5.74) is 1.11. The number of sulfonamides is 1. The van der Waals surface area contributed by atoms with Crippen LogP contribution in [-0.2, 0) is 20.2 Å². The highest BCUT2D eigenvalue weighted by Gasteiger charge is 2.34. The van der Waals surface area contributed by atoms with Crippen molar-refractivity contribution in [3.05, 3.63) is 29.8 Å². The van der Waals surface area contributed by atoms with Gasteiger partial charge in [0, 0.05) is 32.1 Å². The first kappa shape index (κ1) is 22.3. The van der Waals surface area contributed by atoms with Gasteiger partial charge in [-0.1, -0.05) is 52.2 Å². The first-order chi connectivity index (χ1) is 13.6. The molecule has 1 aliphatic heterocycles. The number of benzene rings is 1. The second-order valence-electron chi connectivity index (χ2n) is 9.69. The highest BCUT2D eigenvalue weighted by molar-refractivity contribution is 7.89. The van der Waals surface area contributed by atoms with Gasteiger partial charge in [-0.25, -0.2) is 8.42 Å². The maximum Gasteiger partial charge on any atom is 0.243 e. The Morgan fingerprint density at radius 1 is 0.966 bits per heavy atom. The van der Waals surface area contributed by atoms with Crippen molar-refractivity contribution in [2.24, 2.45) is 5.92 Å². The molecule has 0 atom stereocenters. The summed E-state index contributed by atoms with van der Waals surface area (Å²) in [4.78, 5) is 15.2. The number of carbonyl (C=O) groups excluding carboxylic acids is 1. The predicted octanol–water partition coefficient (Wildman–Crippen LogP) is 4.18. The molecule has 0 aromatic heterocycles. The summed E-state index contributed by atoms with van der Waals surface area (Å²) in [7, 11) is -1.58. The highest BCUT2D eigenvalue weighted by atomic mass is 32.2. The van der Waals surface area contributed by atoms with Crippen molar-refractivity contribution in [3.63, 3.8) is 0 Å². The zero-order chi connectivity index (χ0) is 21.2. The number of carbonyl (C=O) groups is 1. The lowest BCUT2D eigenvalue weighted by molar-refractivity contribution is -0.138. The van der Waals surface area contributed by atoms with Crippen LogP contribution in [0.5, 0.6) is 0 Å². The highest BCUT2D eigenvalue weighted by Crippen LogP contribution is 2.29. The van der Waals surface area contributed by atoms with Crippen molar-refractivity contribution in [2.45, 2.75) is 82.1 Å². The molecule has 1 saturated heterocycles. The molecule has 1 aromatic rings. The lowest BCUT2D eigenvalue weighted by Crippen LogP contribution is -2.46. The van der Waals surface area contributed by atoms with Gasteiger partial charge in [-0.15, -0.1) is 0 Å². The fourth-order valence-corrected chi connectivity index (χ4v) is 6.03. The van der Waals surface area contributed by atoms with Crippen LogP contribution in [-0.4, -0.2) is 49.7 Å². The van der Waals surface area contributed by atoms with E-state index < -0.39 is 10.0 Å². The third-order valence-corrected chi connectivity index (χ3v) is 8.54. The lowest BCUT2D eigenvalue weighted by Gasteiger charge is -2.36. The summed E-state index contributed by atoms with van der Waals surface area (Å²) in [6, 6.07) is 7.60. The molecular formula is C23H36N2O3S. The summed E-state index contributed by atoms with van der Waals surface area (Å²) in [6.45, 7) is 7.17. The Balaban J connectivity index is 1.61. The number of rotatable bonds is 4. The van der Waals surface area contributed by atoms with Crippen molar-refractivity contribution < 1.29 is 13.2 Å². The minimum atomic E-state index is -3.51. The lowest BCUT2D eigenvalue weighted by atomic mass is 9.87. The zero-order valence-corrected chi connectivity index (χ0v) is 19.2. The van der Waals surface area contributed by atoms with Crippen LogP contribution in [0.3, 0.4) is 0 Å². The molecule has 1 aromatic carbocycles. The van der Waals surface area contributed by atoms with Gasteiger partial charge in [0.25, 0.3) is 0 Å². The number of hydrogen-bond donors (Lipinski definition) is 0. The molecule has 2 aliphatic rings. The largest absolute Gasteiger partial charge is 0.343 e. The molecule has 2 fully saturated rings. The van der Waals surface area contributed by atoms with Crippen LogP contribution in [0.15, 0.2) is 29.2 Å². The predicted molar refractivity (Wildman–Crippen MR) is 116 cm³/mol. The van der Waals surface area contributed by atoms with E-state index in [2.05, 4.69) is 20.8 Å². The van der Waals surface area contributed by atoms with Gasteiger partial charge in [0.15, 0.2) is 0 Å². The van der Waals surface area contributed by atoms with Gasteiger partial charge in [0.1, 0.15) is 0 Å². The van der Waals surface area contributed by atoms with Crippen LogP contribution in [0, 0.1) is 5.92 Å².